The summed E-state index contributed by atoms with van der Waals surface area (Å²) in [6, 6.07) is 0. The molecule has 17 heteroatoms. The second-order valence-electron chi connectivity index (χ2n) is 10.6. The van der Waals surface area contributed by atoms with E-state index in [1.165, 1.54) is 4.90 Å². The average Bonchev–Trinajstić information content (AvgIpc) is 3.00. The van der Waals surface area contributed by atoms with Gasteiger partial charge in [-0.1, -0.05) is 0 Å². The van der Waals surface area contributed by atoms with Gasteiger partial charge in [0.05, 0.1) is 119 Å². The lowest BCUT2D eigenvalue weighted by atomic mass is 10.2. The third-order valence-electron chi connectivity index (χ3n) is 5.28. The minimum atomic E-state index is -1.13. The standard InChI is InChI=1S/C30H58N2O15/c1-30(2,3)47-29(36)32(4)6-8-38-10-12-40-14-16-42-18-20-44-22-24-45-23-21-43-19-17-41-15-13-39-11-9-37-7-5-31-27(33)25-46-26-28(34)35/h5-26H2,1-4H3,(H,31,33)(H,34,35). The van der Waals surface area contributed by atoms with Crippen LogP contribution in [-0.4, -0.2) is 186 Å². The molecule has 0 aliphatic rings. The summed E-state index contributed by atoms with van der Waals surface area (Å²) in [5.41, 5.74) is -0.518. The number of nitrogens with zero attached hydrogens (tertiary/aromatic N) is 1. The first-order chi connectivity index (χ1) is 22.6. The number of carbonyl (C=O) groups is 3. The minimum absolute atomic E-state index is 0.296. The predicted molar refractivity (Wildman–Crippen MR) is 168 cm³/mol. The Kier molecular flexibility index (Phi) is 30.9. The summed E-state index contributed by atoms with van der Waals surface area (Å²) >= 11 is 0. The van der Waals surface area contributed by atoms with Gasteiger partial charge in [-0.3, -0.25) is 4.79 Å². The highest BCUT2D eigenvalue weighted by Crippen LogP contribution is 2.08. The number of hydrogen-bond acceptors (Lipinski definition) is 14. The van der Waals surface area contributed by atoms with E-state index in [1.54, 1.807) is 7.05 Å². The van der Waals surface area contributed by atoms with Gasteiger partial charge >= 0.3 is 12.1 Å². The molecular weight excluding hydrogens is 628 g/mol. The van der Waals surface area contributed by atoms with E-state index < -0.39 is 24.1 Å². The molecule has 0 aliphatic carbocycles. The topological polar surface area (TPSA) is 188 Å². The van der Waals surface area contributed by atoms with Gasteiger partial charge in [-0.25, -0.2) is 9.59 Å². The van der Waals surface area contributed by atoms with Gasteiger partial charge in [0.25, 0.3) is 0 Å². The summed E-state index contributed by atoms with van der Waals surface area (Å²) in [6.07, 6.45) is -0.373. The normalized spacial score (nSPS) is 11.5. The molecule has 0 aromatic rings. The largest absolute Gasteiger partial charge is 0.480 e. The zero-order chi connectivity index (χ0) is 34.9. The van der Waals surface area contributed by atoms with Crippen molar-refractivity contribution in [3.8, 4) is 0 Å². The van der Waals surface area contributed by atoms with Gasteiger partial charge in [0.2, 0.25) is 5.91 Å². The predicted octanol–water partition coefficient (Wildman–Crippen LogP) is 0.220. The van der Waals surface area contributed by atoms with Crippen molar-refractivity contribution in [2.45, 2.75) is 26.4 Å². The molecule has 0 spiro atoms. The Morgan fingerprint density at radius 3 is 1.21 bits per heavy atom. The molecule has 0 fully saturated rings. The molecule has 0 atom stereocenters. The van der Waals surface area contributed by atoms with Crippen molar-refractivity contribution in [2.24, 2.45) is 0 Å². The molecule has 0 bridgehead atoms. The molecule has 278 valence electrons. The van der Waals surface area contributed by atoms with Gasteiger partial charge in [-0.2, -0.15) is 0 Å². The van der Waals surface area contributed by atoms with Crippen molar-refractivity contribution >= 4 is 18.0 Å². The molecule has 0 heterocycles. The minimum Gasteiger partial charge on any atom is -0.480 e. The van der Waals surface area contributed by atoms with E-state index >= 15 is 0 Å². The number of carboxylic acid groups (broad SMARTS) is 1. The molecule has 0 saturated carbocycles. The van der Waals surface area contributed by atoms with Crippen LogP contribution in [-0.2, 0) is 61.7 Å². The first kappa shape index (κ1) is 44.8. The van der Waals surface area contributed by atoms with Crippen molar-refractivity contribution in [1.82, 2.24) is 10.2 Å². The lowest BCUT2D eigenvalue weighted by molar-refractivity contribution is -0.143. The number of rotatable bonds is 34. The molecule has 17 nitrogen and oxygen atoms in total. The maximum absolute atomic E-state index is 11.8. The van der Waals surface area contributed by atoms with Crippen molar-refractivity contribution in [3.05, 3.63) is 0 Å². The lowest BCUT2D eigenvalue weighted by Gasteiger charge is -2.24. The van der Waals surface area contributed by atoms with Crippen LogP contribution < -0.4 is 5.32 Å². The van der Waals surface area contributed by atoms with Gasteiger partial charge in [0.15, 0.2) is 0 Å². The van der Waals surface area contributed by atoms with Crippen LogP contribution in [0, 0.1) is 0 Å². The molecule has 0 radical (unpaired) electrons. The molecule has 47 heavy (non-hydrogen) atoms. The number of ether oxygens (including phenoxy) is 11. The highest BCUT2D eigenvalue weighted by molar-refractivity contribution is 5.77. The fourth-order valence-corrected chi connectivity index (χ4v) is 3.04. The van der Waals surface area contributed by atoms with E-state index in [9.17, 15) is 14.4 Å². The van der Waals surface area contributed by atoms with Gasteiger partial charge in [-0.15, -0.1) is 0 Å². The summed E-state index contributed by atoms with van der Waals surface area (Å²) in [4.78, 5) is 35.0. The molecule has 0 aromatic heterocycles. The van der Waals surface area contributed by atoms with E-state index in [0.29, 0.717) is 132 Å². The van der Waals surface area contributed by atoms with Gasteiger partial charge in [0.1, 0.15) is 18.8 Å². The summed E-state index contributed by atoms with van der Waals surface area (Å²) in [5.74, 6) is -1.53. The average molecular weight is 687 g/mol. The van der Waals surface area contributed by atoms with E-state index in [1.807, 2.05) is 20.8 Å². The second kappa shape index (κ2) is 32.4. The van der Waals surface area contributed by atoms with Crippen molar-refractivity contribution in [3.63, 3.8) is 0 Å². The monoisotopic (exact) mass is 686 g/mol. The van der Waals surface area contributed by atoms with Crippen molar-refractivity contribution in [2.75, 3.05) is 152 Å². The highest BCUT2D eigenvalue weighted by atomic mass is 16.6. The summed E-state index contributed by atoms with van der Waals surface area (Å²) in [7, 11) is 1.67. The van der Waals surface area contributed by atoms with Crippen LogP contribution in [0.15, 0.2) is 0 Å². The molecule has 0 saturated heterocycles. The molecule has 2 amide bonds. The number of likely N-dealkylation sites (N-methyl/N-ethyl adjacent to an activating group) is 1. The Morgan fingerprint density at radius 2 is 0.872 bits per heavy atom. The second-order valence-corrected chi connectivity index (χ2v) is 10.6. The van der Waals surface area contributed by atoms with Crippen LogP contribution in [0.4, 0.5) is 4.79 Å². The molecule has 0 aliphatic heterocycles. The fourth-order valence-electron chi connectivity index (χ4n) is 3.04. The Labute approximate surface area is 278 Å². The van der Waals surface area contributed by atoms with Crippen LogP contribution >= 0.6 is 0 Å². The summed E-state index contributed by atoms with van der Waals surface area (Å²) in [5, 5.41) is 11.0. The zero-order valence-corrected chi connectivity index (χ0v) is 28.7. The van der Waals surface area contributed by atoms with Crippen LogP contribution in [0.2, 0.25) is 0 Å². The quantitative estimate of drug-likeness (QED) is 0.0875. The first-order valence-electron chi connectivity index (χ1n) is 15.8. The third kappa shape index (κ3) is 36.5. The maximum Gasteiger partial charge on any atom is 0.410 e. The Morgan fingerprint density at radius 1 is 0.532 bits per heavy atom. The molecule has 2 N–H and O–H groups in total. The van der Waals surface area contributed by atoms with Crippen LogP contribution in [0.5, 0.6) is 0 Å². The number of nitrogens with one attached hydrogen (secondary N) is 1. The molecule has 0 rings (SSSR count). The van der Waals surface area contributed by atoms with Crippen LogP contribution in [0.25, 0.3) is 0 Å². The first-order valence-corrected chi connectivity index (χ1v) is 15.8. The van der Waals surface area contributed by atoms with E-state index in [0.717, 1.165) is 0 Å². The van der Waals surface area contributed by atoms with Crippen molar-refractivity contribution < 1.29 is 71.6 Å². The Bertz CT molecular complexity index is 755. The Balaban J connectivity index is 3.19. The third-order valence-corrected chi connectivity index (χ3v) is 5.28. The Hall–Kier alpha value is -2.19. The van der Waals surface area contributed by atoms with Crippen LogP contribution in [0.1, 0.15) is 20.8 Å². The molecule has 0 unspecified atom stereocenters. The van der Waals surface area contributed by atoms with Gasteiger partial charge < -0.3 is 67.4 Å². The number of hydrogen-bond donors (Lipinski definition) is 2. The maximum atomic E-state index is 11.8. The number of aliphatic carboxylic acids is 1. The fraction of sp³-hybridized carbons (Fsp3) is 0.900. The number of carboxylic acids is 1. The van der Waals surface area contributed by atoms with E-state index in [-0.39, 0.29) is 12.7 Å². The van der Waals surface area contributed by atoms with E-state index in [4.69, 9.17) is 52.5 Å². The lowest BCUT2D eigenvalue weighted by Crippen LogP contribution is -2.36. The smallest absolute Gasteiger partial charge is 0.410 e. The van der Waals surface area contributed by atoms with Gasteiger partial charge in [-0.05, 0) is 20.8 Å². The summed E-state index contributed by atoms with van der Waals surface area (Å²) in [6.45, 7) is 13.3. The number of carbonyl (C=O) groups excluding carboxylic acids is 2. The molecular formula is C30H58N2O15. The van der Waals surface area contributed by atoms with E-state index in [2.05, 4.69) is 10.1 Å². The zero-order valence-electron chi connectivity index (χ0n) is 28.7. The number of amides is 2. The summed E-state index contributed by atoms with van der Waals surface area (Å²) < 4.78 is 58.8. The van der Waals surface area contributed by atoms with Gasteiger partial charge in [0, 0.05) is 20.1 Å². The SMILES string of the molecule is CN(CCOCCOCCOCCOCCOCCOCCOCCOCCOCCNC(=O)COCC(=O)O)C(=O)OC(C)(C)C. The molecule has 0 aromatic carbocycles. The van der Waals surface area contributed by atoms with Crippen molar-refractivity contribution in [1.29, 1.82) is 0 Å². The highest BCUT2D eigenvalue weighted by Gasteiger charge is 2.19. The van der Waals surface area contributed by atoms with Crippen LogP contribution in [0.3, 0.4) is 0 Å².